The van der Waals surface area contributed by atoms with E-state index in [0.717, 1.165) is 5.56 Å². The van der Waals surface area contributed by atoms with E-state index in [4.69, 9.17) is 49.0 Å². The number of thiazole rings is 1. The number of fused-ring (bicyclic) bond motifs is 1. The fraction of sp³-hybridized carbons (Fsp3) is 0.194. The average Bonchev–Trinajstić information content (AvgIpc) is 3.27. The van der Waals surface area contributed by atoms with Crippen molar-refractivity contribution in [3.05, 3.63) is 122 Å². The highest BCUT2D eigenvalue weighted by Crippen LogP contribution is 2.38. The molecule has 0 unspecified atom stereocenters. The molecule has 0 N–H and O–H groups in total. The van der Waals surface area contributed by atoms with Gasteiger partial charge in [0.2, 0.25) is 0 Å². The Kier molecular flexibility index (Phi) is 9.68. The van der Waals surface area contributed by atoms with Crippen LogP contribution in [-0.2, 0) is 16.1 Å². The zero-order chi connectivity index (χ0) is 30.8. The summed E-state index contributed by atoms with van der Waals surface area (Å²) in [6, 6.07) is 15.1. The Morgan fingerprint density at radius 2 is 1.79 bits per heavy atom. The molecule has 0 bridgehead atoms. The molecule has 1 atom stereocenters. The molecule has 1 aromatic heterocycles. The van der Waals surface area contributed by atoms with Gasteiger partial charge in [0.25, 0.3) is 5.56 Å². The number of nitrogens with zero attached hydrogens (tertiary/aromatic N) is 2. The lowest BCUT2D eigenvalue weighted by atomic mass is 9.96. The van der Waals surface area contributed by atoms with Gasteiger partial charge in [0, 0.05) is 20.6 Å². The molecule has 222 valence electrons. The van der Waals surface area contributed by atoms with Gasteiger partial charge < -0.3 is 14.2 Å². The van der Waals surface area contributed by atoms with E-state index in [1.165, 1.54) is 23.0 Å². The maximum absolute atomic E-state index is 13.9. The number of methoxy groups -OCH3 is 1. The van der Waals surface area contributed by atoms with Gasteiger partial charge in [0.05, 0.1) is 40.0 Å². The van der Waals surface area contributed by atoms with Crippen molar-refractivity contribution in [2.24, 2.45) is 4.99 Å². The summed E-state index contributed by atoms with van der Waals surface area (Å²) >= 11 is 23.3. The molecule has 0 amide bonds. The van der Waals surface area contributed by atoms with Gasteiger partial charge in [0.15, 0.2) is 16.3 Å². The molecule has 5 rings (SSSR count). The van der Waals surface area contributed by atoms with Gasteiger partial charge in [-0.3, -0.25) is 9.36 Å². The van der Waals surface area contributed by atoms with Crippen LogP contribution in [0.3, 0.4) is 0 Å². The predicted molar refractivity (Wildman–Crippen MR) is 173 cm³/mol. The molecule has 7 nitrogen and oxygen atoms in total. The Hall–Kier alpha value is -3.08. The maximum atomic E-state index is 13.9. The molecule has 43 heavy (non-hydrogen) atoms. The molecule has 0 spiro atoms. The molecule has 0 aliphatic carbocycles. The van der Waals surface area contributed by atoms with Crippen LogP contribution in [0.4, 0.5) is 0 Å². The lowest BCUT2D eigenvalue weighted by Gasteiger charge is -2.24. The van der Waals surface area contributed by atoms with Crippen LogP contribution in [0.5, 0.6) is 11.5 Å². The number of hydrogen-bond donors (Lipinski definition) is 0. The maximum Gasteiger partial charge on any atom is 0.338 e. The van der Waals surface area contributed by atoms with E-state index in [1.54, 1.807) is 61.5 Å². The molecule has 4 aromatic rings. The molecule has 1 aliphatic rings. The van der Waals surface area contributed by atoms with E-state index in [2.05, 4.69) is 20.9 Å². The number of carbonyl (C=O) groups is 1. The Morgan fingerprint density at radius 3 is 2.47 bits per heavy atom. The number of aromatic nitrogens is 1. The Balaban J connectivity index is 1.58. The standard InChI is InChI=1S/C31H24BrCl3N2O5S/c1-4-41-24-12-17(11-22(32)28(24)42-15-19-7-10-21(34)14-23(19)35)13-25-29(38)37-27(18-5-8-20(33)9-6-18)26(30(39)40-3)16(2)36-31(37)43-25/h5-14,27H,4,15H2,1-3H3/b25-13-/t27-/m1/s1. The van der Waals surface area contributed by atoms with Crippen molar-refractivity contribution in [3.63, 3.8) is 0 Å². The first kappa shape index (κ1) is 31.3. The minimum Gasteiger partial charge on any atom is -0.490 e. The molecular formula is C31H24BrCl3N2O5S. The van der Waals surface area contributed by atoms with E-state index in [-0.39, 0.29) is 17.7 Å². The van der Waals surface area contributed by atoms with Crippen LogP contribution in [0.25, 0.3) is 6.08 Å². The molecule has 3 aromatic carbocycles. The zero-order valence-electron chi connectivity index (χ0n) is 23.1. The van der Waals surface area contributed by atoms with Crippen LogP contribution in [-0.4, -0.2) is 24.3 Å². The highest BCUT2D eigenvalue weighted by Gasteiger charge is 2.33. The number of benzene rings is 3. The van der Waals surface area contributed by atoms with Crippen LogP contribution >= 0.6 is 62.1 Å². The van der Waals surface area contributed by atoms with Crippen LogP contribution in [0.2, 0.25) is 15.1 Å². The van der Waals surface area contributed by atoms with Crippen molar-refractivity contribution in [2.45, 2.75) is 26.5 Å². The second-order valence-electron chi connectivity index (χ2n) is 9.41. The van der Waals surface area contributed by atoms with Crippen molar-refractivity contribution < 1.29 is 19.0 Å². The molecule has 0 radical (unpaired) electrons. The van der Waals surface area contributed by atoms with E-state index in [1.807, 2.05) is 13.0 Å². The van der Waals surface area contributed by atoms with E-state index in [9.17, 15) is 9.59 Å². The van der Waals surface area contributed by atoms with Gasteiger partial charge in [-0.05, 0) is 83.4 Å². The van der Waals surface area contributed by atoms with Crippen molar-refractivity contribution >= 4 is 74.1 Å². The van der Waals surface area contributed by atoms with Crippen LogP contribution < -0.4 is 24.4 Å². The smallest absolute Gasteiger partial charge is 0.338 e. The molecule has 1 aliphatic heterocycles. The zero-order valence-corrected chi connectivity index (χ0v) is 27.8. The number of hydrogen-bond acceptors (Lipinski definition) is 7. The largest absolute Gasteiger partial charge is 0.490 e. The summed E-state index contributed by atoms with van der Waals surface area (Å²) in [5.41, 5.74) is 2.63. The second kappa shape index (κ2) is 13.3. The SMILES string of the molecule is CCOc1cc(/C=c2\sc3n(c2=O)[C@H](c2ccc(Cl)cc2)C(C(=O)OC)=C(C)N=3)cc(Br)c1OCc1ccc(Cl)cc1Cl. The monoisotopic (exact) mass is 720 g/mol. The van der Waals surface area contributed by atoms with Gasteiger partial charge in [-0.25, -0.2) is 9.79 Å². The first-order chi connectivity index (χ1) is 20.6. The van der Waals surface area contributed by atoms with Gasteiger partial charge in [-0.15, -0.1) is 0 Å². The fourth-order valence-corrected chi connectivity index (χ4v) is 6.88. The molecule has 0 saturated heterocycles. The number of rotatable bonds is 8. The predicted octanol–water partition coefficient (Wildman–Crippen LogP) is 7.11. The number of halogens is 4. The summed E-state index contributed by atoms with van der Waals surface area (Å²) in [7, 11) is 1.30. The van der Waals surface area contributed by atoms with Gasteiger partial charge in [-0.1, -0.05) is 64.3 Å². The van der Waals surface area contributed by atoms with Crippen LogP contribution in [0.15, 0.2) is 80.1 Å². The molecular weight excluding hydrogens is 699 g/mol. The minimum atomic E-state index is -0.732. The summed E-state index contributed by atoms with van der Waals surface area (Å²) < 4.78 is 19.6. The second-order valence-corrected chi connectivity index (χ2v) is 12.6. The Labute approximate surface area is 274 Å². The van der Waals surface area contributed by atoms with Gasteiger partial charge in [-0.2, -0.15) is 0 Å². The van der Waals surface area contributed by atoms with E-state index >= 15 is 0 Å². The first-order valence-corrected chi connectivity index (χ1v) is 15.7. The number of carbonyl (C=O) groups excluding carboxylic acids is 1. The first-order valence-electron chi connectivity index (χ1n) is 13.0. The van der Waals surface area contributed by atoms with E-state index < -0.39 is 12.0 Å². The lowest BCUT2D eigenvalue weighted by Crippen LogP contribution is -2.39. The number of esters is 1. The third-order valence-corrected chi connectivity index (χ3v) is 9.04. The Bertz CT molecular complexity index is 1940. The summed E-state index contributed by atoms with van der Waals surface area (Å²) in [6.45, 7) is 4.19. The third kappa shape index (κ3) is 6.56. The van der Waals surface area contributed by atoms with Crippen molar-refractivity contribution in [2.75, 3.05) is 13.7 Å². The molecule has 12 heteroatoms. The summed E-state index contributed by atoms with van der Waals surface area (Å²) in [5, 5.41) is 1.57. The van der Waals surface area contributed by atoms with Crippen LogP contribution in [0.1, 0.15) is 36.6 Å². The summed E-state index contributed by atoms with van der Waals surface area (Å²) in [5.74, 6) is 0.424. The summed E-state index contributed by atoms with van der Waals surface area (Å²) in [4.78, 5) is 31.8. The van der Waals surface area contributed by atoms with Crippen LogP contribution in [0, 0.1) is 0 Å². The van der Waals surface area contributed by atoms with Gasteiger partial charge in [0.1, 0.15) is 6.61 Å². The van der Waals surface area contributed by atoms with Crippen molar-refractivity contribution in [1.82, 2.24) is 4.57 Å². The average molecular weight is 723 g/mol. The molecule has 2 heterocycles. The van der Waals surface area contributed by atoms with Crippen molar-refractivity contribution in [1.29, 1.82) is 0 Å². The Morgan fingerprint density at radius 1 is 1.07 bits per heavy atom. The summed E-state index contributed by atoms with van der Waals surface area (Å²) in [6.07, 6.45) is 1.76. The molecule has 0 fully saturated rings. The van der Waals surface area contributed by atoms with E-state index in [0.29, 0.717) is 63.8 Å². The van der Waals surface area contributed by atoms with Crippen molar-refractivity contribution in [3.8, 4) is 11.5 Å². The number of allylic oxidation sites excluding steroid dienone is 1. The topological polar surface area (TPSA) is 79.1 Å². The minimum absolute atomic E-state index is 0.194. The lowest BCUT2D eigenvalue weighted by molar-refractivity contribution is -0.136. The van der Waals surface area contributed by atoms with Gasteiger partial charge >= 0.3 is 5.97 Å². The normalized spacial score (nSPS) is 14.8. The highest BCUT2D eigenvalue weighted by molar-refractivity contribution is 9.10. The molecule has 0 saturated carbocycles. The number of ether oxygens (including phenoxy) is 3. The third-order valence-electron chi connectivity index (χ3n) is 6.63. The quantitative estimate of drug-likeness (QED) is 0.181. The fourth-order valence-electron chi connectivity index (χ4n) is 4.67. The highest BCUT2D eigenvalue weighted by atomic mass is 79.9.